The van der Waals surface area contributed by atoms with Gasteiger partial charge in [-0.15, -0.1) is 0 Å². The van der Waals surface area contributed by atoms with Crippen molar-refractivity contribution in [3.05, 3.63) is 62.8 Å². The van der Waals surface area contributed by atoms with Gasteiger partial charge in [-0.05, 0) is 64.3 Å². The second kappa shape index (κ2) is 6.57. The molecular weight excluding hydrogens is 345 g/mol. The van der Waals surface area contributed by atoms with E-state index < -0.39 is 0 Å². The average molecular weight is 359 g/mol. The zero-order valence-electron chi connectivity index (χ0n) is 10.8. The third-order valence-corrected chi connectivity index (χ3v) is 4.27. The van der Waals surface area contributed by atoms with Crippen LogP contribution in [0.5, 0.6) is 0 Å². The van der Waals surface area contributed by atoms with Gasteiger partial charge in [-0.1, -0.05) is 17.7 Å². The lowest BCUT2D eigenvalue weighted by Gasteiger charge is -2.20. The van der Waals surface area contributed by atoms with Gasteiger partial charge in [-0.2, -0.15) is 0 Å². The van der Waals surface area contributed by atoms with Gasteiger partial charge in [0.15, 0.2) is 0 Å². The van der Waals surface area contributed by atoms with Crippen LogP contribution in [0.3, 0.4) is 0 Å². The Morgan fingerprint density at radius 3 is 2.70 bits per heavy atom. The second-order valence-corrected chi connectivity index (χ2v) is 5.77. The average Bonchev–Trinajstić information content (AvgIpc) is 2.43. The molecule has 0 aromatic heterocycles. The van der Waals surface area contributed by atoms with Crippen LogP contribution < -0.4 is 5.32 Å². The molecule has 0 bridgehead atoms. The molecule has 0 spiro atoms. The van der Waals surface area contributed by atoms with E-state index in [1.807, 2.05) is 19.1 Å². The highest BCUT2D eigenvalue weighted by atomic mass is 79.9. The summed E-state index contributed by atoms with van der Waals surface area (Å²) < 4.78 is 14.1. The fourth-order valence-electron chi connectivity index (χ4n) is 2.00. The van der Waals surface area contributed by atoms with Crippen LogP contribution in [0.25, 0.3) is 0 Å². The molecule has 0 saturated heterocycles. The number of rotatable bonds is 4. The number of aliphatic hydroxyl groups excluding tert-OH is 1. The molecule has 2 N–H and O–H groups in total. The highest BCUT2D eigenvalue weighted by Crippen LogP contribution is 2.28. The van der Waals surface area contributed by atoms with E-state index in [0.717, 1.165) is 21.3 Å². The summed E-state index contributed by atoms with van der Waals surface area (Å²) in [4.78, 5) is 0. The van der Waals surface area contributed by atoms with Crippen molar-refractivity contribution < 1.29 is 9.50 Å². The molecule has 0 heterocycles. The van der Waals surface area contributed by atoms with Gasteiger partial charge >= 0.3 is 0 Å². The molecule has 106 valence electrons. The Morgan fingerprint density at radius 1 is 1.30 bits per heavy atom. The molecule has 1 unspecified atom stereocenters. The number of halogens is 3. The van der Waals surface area contributed by atoms with Gasteiger partial charge in [-0.25, -0.2) is 4.39 Å². The molecule has 0 aliphatic heterocycles. The van der Waals surface area contributed by atoms with Crippen molar-refractivity contribution >= 4 is 33.2 Å². The van der Waals surface area contributed by atoms with E-state index in [1.165, 1.54) is 12.1 Å². The van der Waals surface area contributed by atoms with E-state index in [9.17, 15) is 9.50 Å². The van der Waals surface area contributed by atoms with Gasteiger partial charge in [0.2, 0.25) is 0 Å². The smallest absolute Gasteiger partial charge is 0.123 e. The molecule has 2 aromatic rings. The monoisotopic (exact) mass is 357 g/mol. The van der Waals surface area contributed by atoms with E-state index in [0.29, 0.717) is 5.02 Å². The highest BCUT2D eigenvalue weighted by Gasteiger charge is 2.14. The number of aryl methyl sites for hydroxylation is 1. The van der Waals surface area contributed by atoms with Crippen LogP contribution in [-0.2, 0) is 0 Å². The third-order valence-electron chi connectivity index (χ3n) is 3.06. The van der Waals surface area contributed by atoms with Crippen molar-refractivity contribution in [2.45, 2.75) is 13.0 Å². The topological polar surface area (TPSA) is 32.3 Å². The lowest BCUT2D eigenvalue weighted by atomic mass is 10.0. The van der Waals surface area contributed by atoms with Crippen molar-refractivity contribution in [1.29, 1.82) is 0 Å². The fraction of sp³-hybridized carbons (Fsp3) is 0.200. The normalized spacial score (nSPS) is 12.2. The Morgan fingerprint density at radius 2 is 2.05 bits per heavy atom. The van der Waals surface area contributed by atoms with Crippen molar-refractivity contribution in [3.8, 4) is 0 Å². The van der Waals surface area contributed by atoms with Crippen molar-refractivity contribution in [2.75, 3.05) is 11.9 Å². The first-order chi connectivity index (χ1) is 9.51. The van der Waals surface area contributed by atoms with Crippen molar-refractivity contribution in [2.24, 2.45) is 0 Å². The predicted octanol–water partition coefficient (Wildman–Crippen LogP) is 4.70. The summed E-state index contributed by atoms with van der Waals surface area (Å²) in [5.74, 6) is -0.317. The number of hydrogen-bond donors (Lipinski definition) is 2. The lowest BCUT2D eigenvalue weighted by molar-refractivity contribution is 0.276. The molecule has 0 fully saturated rings. The molecule has 0 aliphatic rings. The standard InChI is InChI=1S/C15H14BrClFNO/c1-9-2-3-10(18)6-12(9)15(8-20)19-11-4-5-14(17)13(16)7-11/h2-7,15,19-20H,8H2,1H3. The summed E-state index contributed by atoms with van der Waals surface area (Å²) in [7, 11) is 0. The minimum Gasteiger partial charge on any atom is -0.394 e. The molecule has 2 rings (SSSR count). The Kier molecular flexibility index (Phi) is 5.02. The first kappa shape index (κ1) is 15.3. The number of benzene rings is 2. The fourth-order valence-corrected chi connectivity index (χ4v) is 2.49. The zero-order valence-corrected chi connectivity index (χ0v) is 13.2. The largest absolute Gasteiger partial charge is 0.394 e. The quantitative estimate of drug-likeness (QED) is 0.830. The van der Waals surface area contributed by atoms with Crippen molar-refractivity contribution in [1.82, 2.24) is 0 Å². The van der Waals surface area contributed by atoms with Crippen LogP contribution in [-0.4, -0.2) is 11.7 Å². The minimum absolute atomic E-state index is 0.134. The van der Waals surface area contributed by atoms with Gasteiger partial charge < -0.3 is 10.4 Å². The molecule has 0 saturated carbocycles. The Hall–Kier alpha value is -1.10. The Balaban J connectivity index is 2.28. The summed E-state index contributed by atoms with van der Waals surface area (Å²) >= 11 is 9.29. The maximum Gasteiger partial charge on any atom is 0.123 e. The van der Waals surface area contributed by atoms with Crippen LogP contribution in [0.1, 0.15) is 17.2 Å². The summed E-state index contributed by atoms with van der Waals surface area (Å²) in [5.41, 5.74) is 2.45. The molecule has 5 heteroatoms. The zero-order chi connectivity index (χ0) is 14.7. The van der Waals surface area contributed by atoms with E-state index in [-0.39, 0.29) is 18.5 Å². The molecule has 2 nitrogen and oxygen atoms in total. The summed E-state index contributed by atoms with van der Waals surface area (Å²) in [6.07, 6.45) is 0. The van der Waals surface area contributed by atoms with Crippen LogP contribution in [0.2, 0.25) is 5.02 Å². The van der Waals surface area contributed by atoms with Gasteiger partial charge in [-0.3, -0.25) is 0 Å². The Bertz CT molecular complexity index is 621. The van der Waals surface area contributed by atoms with Gasteiger partial charge in [0, 0.05) is 10.2 Å². The molecule has 0 aliphatic carbocycles. The highest BCUT2D eigenvalue weighted by molar-refractivity contribution is 9.10. The lowest BCUT2D eigenvalue weighted by Crippen LogP contribution is -2.16. The minimum atomic E-state index is -0.376. The molecule has 0 amide bonds. The number of hydrogen-bond acceptors (Lipinski definition) is 2. The Labute approximate surface area is 130 Å². The maximum atomic E-state index is 13.4. The predicted molar refractivity (Wildman–Crippen MR) is 83.7 cm³/mol. The number of nitrogens with one attached hydrogen (secondary N) is 1. The van der Waals surface area contributed by atoms with E-state index >= 15 is 0 Å². The first-order valence-corrected chi connectivity index (χ1v) is 7.27. The van der Waals surface area contributed by atoms with Crippen LogP contribution in [0.4, 0.5) is 10.1 Å². The summed E-state index contributed by atoms with van der Waals surface area (Å²) in [6, 6.07) is 9.55. The van der Waals surface area contributed by atoms with Crippen LogP contribution in [0.15, 0.2) is 40.9 Å². The SMILES string of the molecule is Cc1ccc(F)cc1C(CO)Nc1ccc(Cl)c(Br)c1. The number of aliphatic hydroxyl groups is 1. The van der Waals surface area contributed by atoms with E-state index in [1.54, 1.807) is 12.1 Å². The van der Waals surface area contributed by atoms with Gasteiger partial charge in [0.05, 0.1) is 17.7 Å². The van der Waals surface area contributed by atoms with Crippen LogP contribution in [0, 0.1) is 12.7 Å². The van der Waals surface area contributed by atoms with E-state index in [2.05, 4.69) is 21.2 Å². The van der Waals surface area contributed by atoms with Gasteiger partial charge in [0.1, 0.15) is 5.82 Å². The summed E-state index contributed by atoms with van der Waals surface area (Å²) in [6.45, 7) is 1.75. The van der Waals surface area contributed by atoms with Gasteiger partial charge in [0.25, 0.3) is 0 Å². The molecule has 20 heavy (non-hydrogen) atoms. The summed E-state index contributed by atoms with van der Waals surface area (Å²) in [5, 5.41) is 13.3. The second-order valence-electron chi connectivity index (χ2n) is 4.51. The molecular formula is C15H14BrClFNO. The van der Waals surface area contributed by atoms with Crippen LogP contribution >= 0.6 is 27.5 Å². The molecule has 0 radical (unpaired) electrons. The maximum absolute atomic E-state index is 13.4. The van der Waals surface area contributed by atoms with E-state index in [4.69, 9.17) is 11.6 Å². The molecule has 1 atom stereocenters. The third kappa shape index (κ3) is 3.51. The first-order valence-electron chi connectivity index (χ1n) is 6.09. The molecule has 2 aromatic carbocycles. The van der Waals surface area contributed by atoms with Crippen molar-refractivity contribution in [3.63, 3.8) is 0 Å². The number of anilines is 1.